The topological polar surface area (TPSA) is 68.6 Å². The van der Waals surface area contributed by atoms with Crippen LogP contribution in [0.2, 0.25) is 0 Å². The molecule has 0 amide bonds. The highest BCUT2D eigenvalue weighted by molar-refractivity contribution is 5.93. The summed E-state index contributed by atoms with van der Waals surface area (Å²) in [5.41, 5.74) is -0.305. The fourth-order valence-electron chi connectivity index (χ4n) is 1.35. The van der Waals surface area contributed by atoms with E-state index in [2.05, 4.69) is 9.47 Å². The first-order chi connectivity index (χ1) is 8.54. The van der Waals surface area contributed by atoms with Gasteiger partial charge in [0.25, 0.3) is 0 Å². The smallest absolute Gasteiger partial charge is 0.387 e. The van der Waals surface area contributed by atoms with Crippen LogP contribution in [0.15, 0.2) is 12.1 Å². The molecule has 96 valence electrons. The minimum Gasteiger partial charge on any atom is -0.492 e. The maximum atomic E-state index is 12.1. The SMILES string of the molecule is COC(=O)c1ccc(OC(F)F)c(OC)c1C#N. The number of hydrogen-bond donors (Lipinski definition) is 0. The molecule has 1 rings (SSSR count). The van der Waals surface area contributed by atoms with Gasteiger partial charge < -0.3 is 14.2 Å². The Morgan fingerprint density at radius 1 is 1.39 bits per heavy atom. The van der Waals surface area contributed by atoms with Gasteiger partial charge in [0.05, 0.1) is 19.8 Å². The summed E-state index contributed by atoms with van der Waals surface area (Å²) < 4.78 is 37.8. The molecule has 0 unspecified atom stereocenters. The van der Waals surface area contributed by atoms with Crippen molar-refractivity contribution in [2.45, 2.75) is 6.61 Å². The number of esters is 1. The lowest BCUT2D eigenvalue weighted by atomic mass is 10.1. The molecule has 0 atom stereocenters. The van der Waals surface area contributed by atoms with Gasteiger partial charge in [0.2, 0.25) is 0 Å². The average Bonchev–Trinajstić information content (AvgIpc) is 2.36. The molecule has 0 aliphatic rings. The lowest BCUT2D eigenvalue weighted by Gasteiger charge is -2.12. The van der Waals surface area contributed by atoms with Crippen LogP contribution in [0, 0.1) is 11.3 Å². The summed E-state index contributed by atoms with van der Waals surface area (Å²) in [6.07, 6.45) is 0. The Kier molecular flexibility index (Phi) is 4.43. The third kappa shape index (κ3) is 2.66. The summed E-state index contributed by atoms with van der Waals surface area (Å²) in [5.74, 6) is -1.33. The lowest BCUT2D eigenvalue weighted by Crippen LogP contribution is -2.09. The second-order valence-electron chi connectivity index (χ2n) is 3.00. The van der Waals surface area contributed by atoms with Crippen molar-refractivity contribution in [3.05, 3.63) is 23.3 Å². The van der Waals surface area contributed by atoms with E-state index >= 15 is 0 Å². The second kappa shape index (κ2) is 5.82. The van der Waals surface area contributed by atoms with Gasteiger partial charge in [0, 0.05) is 0 Å². The molecular formula is C11H9F2NO4. The predicted octanol–water partition coefficient (Wildman–Crippen LogP) is 1.95. The van der Waals surface area contributed by atoms with E-state index in [9.17, 15) is 13.6 Å². The fraction of sp³-hybridized carbons (Fsp3) is 0.273. The average molecular weight is 257 g/mol. The molecule has 0 fully saturated rings. The van der Waals surface area contributed by atoms with Crippen LogP contribution in [0.4, 0.5) is 8.78 Å². The molecule has 0 saturated heterocycles. The zero-order valence-corrected chi connectivity index (χ0v) is 9.57. The number of carbonyl (C=O) groups excluding carboxylic acids is 1. The van der Waals surface area contributed by atoms with Crippen molar-refractivity contribution in [1.82, 2.24) is 0 Å². The van der Waals surface area contributed by atoms with Crippen molar-refractivity contribution >= 4 is 5.97 Å². The fourth-order valence-corrected chi connectivity index (χ4v) is 1.35. The zero-order chi connectivity index (χ0) is 13.7. The van der Waals surface area contributed by atoms with Crippen LogP contribution in [0.25, 0.3) is 0 Å². The van der Waals surface area contributed by atoms with Crippen molar-refractivity contribution in [3.63, 3.8) is 0 Å². The highest BCUT2D eigenvalue weighted by atomic mass is 19.3. The number of nitriles is 1. The van der Waals surface area contributed by atoms with Gasteiger partial charge >= 0.3 is 12.6 Å². The summed E-state index contributed by atoms with van der Waals surface area (Å²) in [4.78, 5) is 11.4. The first kappa shape index (κ1) is 13.7. The van der Waals surface area contributed by atoms with E-state index in [4.69, 9.17) is 10.00 Å². The lowest BCUT2D eigenvalue weighted by molar-refractivity contribution is -0.0512. The molecule has 0 aliphatic heterocycles. The quantitative estimate of drug-likeness (QED) is 0.771. The van der Waals surface area contributed by atoms with Crippen molar-refractivity contribution < 1.29 is 27.8 Å². The third-order valence-electron chi connectivity index (χ3n) is 2.06. The van der Waals surface area contributed by atoms with Crippen LogP contribution in [0.5, 0.6) is 11.5 Å². The molecule has 1 aromatic carbocycles. The van der Waals surface area contributed by atoms with Crippen molar-refractivity contribution in [1.29, 1.82) is 5.26 Å². The van der Waals surface area contributed by atoms with E-state index in [0.29, 0.717) is 0 Å². The van der Waals surface area contributed by atoms with Gasteiger partial charge in [-0.25, -0.2) is 4.79 Å². The Hall–Kier alpha value is -2.36. The highest BCUT2D eigenvalue weighted by Crippen LogP contribution is 2.34. The molecule has 0 bridgehead atoms. The molecule has 0 spiro atoms. The van der Waals surface area contributed by atoms with Crippen LogP contribution in [0.1, 0.15) is 15.9 Å². The molecule has 0 heterocycles. The van der Waals surface area contributed by atoms with Gasteiger partial charge in [0.1, 0.15) is 11.6 Å². The minimum atomic E-state index is -3.06. The van der Waals surface area contributed by atoms with E-state index in [0.717, 1.165) is 19.2 Å². The van der Waals surface area contributed by atoms with E-state index in [1.807, 2.05) is 0 Å². The van der Waals surface area contributed by atoms with Gasteiger partial charge in [-0.3, -0.25) is 0 Å². The molecule has 5 nitrogen and oxygen atoms in total. The Bertz CT molecular complexity index is 497. The minimum absolute atomic E-state index is 0.0848. The summed E-state index contributed by atoms with van der Waals surface area (Å²) in [7, 11) is 2.31. The van der Waals surface area contributed by atoms with Crippen LogP contribution in [-0.4, -0.2) is 26.8 Å². The molecule has 0 radical (unpaired) electrons. The highest BCUT2D eigenvalue weighted by Gasteiger charge is 2.21. The van der Waals surface area contributed by atoms with Crippen LogP contribution < -0.4 is 9.47 Å². The van der Waals surface area contributed by atoms with Crippen molar-refractivity contribution in [3.8, 4) is 17.6 Å². The van der Waals surface area contributed by atoms with Crippen LogP contribution in [0.3, 0.4) is 0 Å². The van der Waals surface area contributed by atoms with E-state index < -0.39 is 12.6 Å². The van der Waals surface area contributed by atoms with Gasteiger partial charge in [0.15, 0.2) is 11.5 Å². The molecule has 0 aromatic heterocycles. The zero-order valence-electron chi connectivity index (χ0n) is 9.57. The summed E-state index contributed by atoms with van der Waals surface area (Å²) >= 11 is 0. The van der Waals surface area contributed by atoms with E-state index in [1.165, 1.54) is 7.11 Å². The van der Waals surface area contributed by atoms with Crippen LogP contribution in [-0.2, 0) is 4.74 Å². The first-order valence-electron chi connectivity index (χ1n) is 4.69. The normalized spacial score (nSPS) is 9.78. The van der Waals surface area contributed by atoms with E-state index in [1.54, 1.807) is 6.07 Å². The Morgan fingerprint density at radius 3 is 2.50 bits per heavy atom. The number of ether oxygens (including phenoxy) is 3. The molecular weight excluding hydrogens is 248 g/mol. The largest absolute Gasteiger partial charge is 0.492 e. The molecule has 0 saturated carbocycles. The number of hydrogen-bond acceptors (Lipinski definition) is 5. The third-order valence-corrected chi connectivity index (χ3v) is 2.06. The number of nitrogens with zero attached hydrogens (tertiary/aromatic N) is 1. The second-order valence-corrected chi connectivity index (χ2v) is 3.00. The summed E-state index contributed by atoms with van der Waals surface area (Å²) in [6.45, 7) is -3.06. The number of rotatable bonds is 4. The molecule has 18 heavy (non-hydrogen) atoms. The predicted molar refractivity (Wildman–Crippen MR) is 55.7 cm³/mol. The molecule has 7 heteroatoms. The molecule has 0 N–H and O–H groups in total. The molecule has 0 aliphatic carbocycles. The summed E-state index contributed by atoms with van der Waals surface area (Å²) in [5, 5.41) is 8.95. The maximum absolute atomic E-state index is 12.1. The number of halogens is 2. The Labute approximate surface area is 101 Å². The van der Waals surface area contributed by atoms with Gasteiger partial charge in [-0.05, 0) is 12.1 Å². The maximum Gasteiger partial charge on any atom is 0.387 e. The molecule has 1 aromatic rings. The number of methoxy groups -OCH3 is 2. The van der Waals surface area contributed by atoms with Crippen LogP contribution >= 0.6 is 0 Å². The number of carbonyl (C=O) groups is 1. The Balaban J connectivity index is 3.37. The monoisotopic (exact) mass is 257 g/mol. The number of alkyl halides is 2. The first-order valence-corrected chi connectivity index (χ1v) is 4.69. The van der Waals surface area contributed by atoms with E-state index in [-0.39, 0.29) is 22.6 Å². The Morgan fingerprint density at radius 2 is 2.06 bits per heavy atom. The standard InChI is InChI=1S/C11H9F2NO4/c1-16-9-7(5-14)6(10(15)17-2)3-4-8(9)18-11(12)13/h3-4,11H,1-2H3. The van der Waals surface area contributed by atoms with Gasteiger partial charge in [-0.1, -0.05) is 0 Å². The summed E-state index contributed by atoms with van der Waals surface area (Å²) in [6, 6.07) is 3.96. The van der Waals surface area contributed by atoms with Crippen molar-refractivity contribution in [2.75, 3.05) is 14.2 Å². The number of benzene rings is 1. The van der Waals surface area contributed by atoms with Gasteiger partial charge in [-0.15, -0.1) is 0 Å². The van der Waals surface area contributed by atoms with Gasteiger partial charge in [-0.2, -0.15) is 14.0 Å². The van der Waals surface area contributed by atoms with Crippen molar-refractivity contribution in [2.24, 2.45) is 0 Å².